The summed E-state index contributed by atoms with van der Waals surface area (Å²) < 4.78 is 0. The first-order valence-electron chi connectivity index (χ1n) is 6.12. The highest BCUT2D eigenvalue weighted by Crippen LogP contribution is 2.48. The number of hydrogen-bond donors (Lipinski definition) is 2. The van der Waals surface area contributed by atoms with Crippen LogP contribution in [0.3, 0.4) is 0 Å². The Morgan fingerprint density at radius 1 is 1.47 bits per heavy atom. The Morgan fingerprint density at radius 3 is 2.76 bits per heavy atom. The number of aromatic amines is 1. The Morgan fingerprint density at radius 2 is 2.24 bits per heavy atom. The summed E-state index contributed by atoms with van der Waals surface area (Å²) >= 11 is 0. The summed E-state index contributed by atoms with van der Waals surface area (Å²) in [5.74, 6) is -0.108. The molecule has 0 unspecified atom stereocenters. The van der Waals surface area contributed by atoms with E-state index >= 15 is 0 Å². The van der Waals surface area contributed by atoms with Crippen molar-refractivity contribution in [2.75, 3.05) is 6.54 Å². The average molecular weight is 234 g/mol. The number of pyridine rings is 1. The van der Waals surface area contributed by atoms with E-state index in [9.17, 15) is 9.59 Å². The van der Waals surface area contributed by atoms with Crippen molar-refractivity contribution >= 4 is 5.91 Å². The van der Waals surface area contributed by atoms with Crippen molar-refractivity contribution in [1.29, 1.82) is 0 Å². The van der Waals surface area contributed by atoms with Crippen LogP contribution in [0.2, 0.25) is 0 Å². The van der Waals surface area contributed by atoms with Crippen LogP contribution in [0.5, 0.6) is 0 Å². The molecule has 1 fully saturated rings. The second-order valence-corrected chi connectivity index (χ2v) is 4.87. The van der Waals surface area contributed by atoms with E-state index in [0.29, 0.717) is 11.0 Å². The minimum atomic E-state index is -0.189. The van der Waals surface area contributed by atoms with E-state index in [4.69, 9.17) is 0 Å². The molecule has 17 heavy (non-hydrogen) atoms. The first-order valence-corrected chi connectivity index (χ1v) is 6.12. The predicted molar refractivity (Wildman–Crippen MR) is 66.0 cm³/mol. The first-order chi connectivity index (χ1) is 8.15. The number of hydrogen-bond acceptors (Lipinski definition) is 2. The topological polar surface area (TPSA) is 62.0 Å². The standard InChI is InChI=1S/C13H18N2O2/c1-2-5-13(6-7-13)9-15-12(17)10-3-4-11(16)14-8-10/h3-4,8H,2,5-7,9H2,1H3,(H,14,16)(H,15,17). The molecule has 2 rings (SSSR count). The fraction of sp³-hybridized carbons (Fsp3) is 0.538. The lowest BCUT2D eigenvalue weighted by Crippen LogP contribution is -2.30. The molecule has 1 amide bonds. The van der Waals surface area contributed by atoms with Crippen molar-refractivity contribution < 1.29 is 4.79 Å². The molecular formula is C13H18N2O2. The van der Waals surface area contributed by atoms with E-state index in [1.807, 2.05) is 0 Å². The molecule has 0 aromatic carbocycles. The van der Waals surface area contributed by atoms with Crippen molar-refractivity contribution in [2.45, 2.75) is 32.6 Å². The predicted octanol–water partition coefficient (Wildman–Crippen LogP) is 1.69. The average Bonchev–Trinajstić information content (AvgIpc) is 3.08. The summed E-state index contributed by atoms with van der Waals surface area (Å²) in [5, 5.41) is 2.95. The summed E-state index contributed by atoms with van der Waals surface area (Å²) in [6, 6.07) is 2.92. The Hall–Kier alpha value is -1.58. The van der Waals surface area contributed by atoms with Gasteiger partial charge in [-0.1, -0.05) is 13.3 Å². The van der Waals surface area contributed by atoms with Crippen molar-refractivity contribution in [2.24, 2.45) is 5.41 Å². The number of nitrogens with one attached hydrogen (secondary N) is 2. The maximum Gasteiger partial charge on any atom is 0.252 e. The van der Waals surface area contributed by atoms with Crippen LogP contribution in [0.1, 0.15) is 43.0 Å². The zero-order valence-electron chi connectivity index (χ0n) is 10.1. The molecule has 0 bridgehead atoms. The maximum absolute atomic E-state index is 11.8. The fourth-order valence-corrected chi connectivity index (χ4v) is 2.14. The van der Waals surface area contributed by atoms with Gasteiger partial charge in [-0.05, 0) is 30.7 Å². The van der Waals surface area contributed by atoms with Gasteiger partial charge >= 0.3 is 0 Å². The smallest absolute Gasteiger partial charge is 0.252 e. The second-order valence-electron chi connectivity index (χ2n) is 4.87. The molecule has 0 spiro atoms. The van der Waals surface area contributed by atoms with Gasteiger partial charge in [-0.3, -0.25) is 9.59 Å². The molecular weight excluding hydrogens is 216 g/mol. The Kier molecular flexibility index (Phi) is 3.31. The third kappa shape index (κ3) is 2.96. The summed E-state index contributed by atoms with van der Waals surface area (Å²) in [7, 11) is 0. The molecule has 0 radical (unpaired) electrons. The van der Waals surface area contributed by atoms with Crippen molar-refractivity contribution in [3.8, 4) is 0 Å². The molecule has 4 nitrogen and oxygen atoms in total. The van der Waals surface area contributed by atoms with E-state index in [0.717, 1.165) is 13.0 Å². The van der Waals surface area contributed by atoms with E-state index < -0.39 is 0 Å². The van der Waals surface area contributed by atoms with Crippen LogP contribution in [0.25, 0.3) is 0 Å². The number of amides is 1. The molecule has 0 aliphatic heterocycles. The van der Waals surface area contributed by atoms with Crippen LogP contribution < -0.4 is 10.9 Å². The molecule has 2 N–H and O–H groups in total. The lowest BCUT2D eigenvalue weighted by atomic mass is 10.0. The van der Waals surface area contributed by atoms with Gasteiger partial charge in [0.1, 0.15) is 0 Å². The molecule has 1 aliphatic rings. The van der Waals surface area contributed by atoms with Gasteiger partial charge in [0, 0.05) is 18.8 Å². The van der Waals surface area contributed by atoms with Crippen LogP contribution in [-0.4, -0.2) is 17.4 Å². The molecule has 1 aliphatic carbocycles. The van der Waals surface area contributed by atoms with Gasteiger partial charge in [-0.15, -0.1) is 0 Å². The number of carbonyl (C=O) groups is 1. The summed E-state index contributed by atoms with van der Waals surface area (Å²) in [6.45, 7) is 2.92. The van der Waals surface area contributed by atoms with Crippen molar-refractivity contribution in [3.63, 3.8) is 0 Å². The highest BCUT2D eigenvalue weighted by atomic mass is 16.1. The largest absolute Gasteiger partial charge is 0.351 e. The highest BCUT2D eigenvalue weighted by Gasteiger charge is 2.41. The van der Waals surface area contributed by atoms with E-state index in [1.54, 1.807) is 6.07 Å². The van der Waals surface area contributed by atoms with Crippen LogP contribution in [-0.2, 0) is 0 Å². The van der Waals surface area contributed by atoms with Gasteiger partial charge in [0.05, 0.1) is 5.56 Å². The lowest BCUT2D eigenvalue weighted by Gasteiger charge is -2.14. The highest BCUT2D eigenvalue weighted by molar-refractivity contribution is 5.93. The van der Waals surface area contributed by atoms with Crippen LogP contribution in [0, 0.1) is 5.41 Å². The number of rotatable bonds is 5. The van der Waals surface area contributed by atoms with Crippen LogP contribution in [0.15, 0.2) is 23.1 Å². The molecule has 92 valence electrons. The number of aromatic nitrogens is 1. The minimum Gasteiger partial charge on any atom is -0.351 e. The number of H-pyrrole nitrogens is 1. The molecule has 0 atom stereocenters. The van der Waals surface area contributed by atoms with Gasteiger partial charge in [-0.25, -0.2) is 0 Å². The van der Waals surface area contributed by atoms with Crippen molar-refractivity contribution in [1.82, 2.24) is 10.3 Å². The Balaban J connectivity index is 1.89. The monoisotopic (exact) mass is 234 g/mol. The Labute approximate surface area is 100 Å². The normalized spacial score (nSPS) is 16.5. The number of carbonyl (C=O) groups excluding carboxylic acids is 1. The first kappa shape index (κ1) is 11.9. The van der Waals surface area contributed by atoms with Gasteiger partial charge in [0.25, 0.3) is 5.91 Å². The summed E-state index contributed by atoms with van der Waals surface area (Å²) in [4.78, 5) is 25.2. The fourth-order valence-electron chi connectivity index (χ4n) is 2.14. The quantitative estimate of drug-likeness (QED) is 0.814. The third-order valence-electron chi connectivity index (χ3n) is 3.41. The summed E-state index contributed by atoms with van der Waals surface area (Å²) in [6.07, 6.45) is 6.23. The van der Waals surface area contributed by atoms with Crippen molar-refractivity contribution in [3.05, 3.63) is 34.2 Å². The van der Waals surface area contributed by atoms with Gasteiger partial charge in [0.2, 0.25) is 5.56 Å². The zero-order chi connectivity index (χ0) is 12.3. The molecule has 4 heteroatoms. The Bertz CT molecular complexity index is 440. The molecule has 1 aromatic heterocycles. The second kappa shape index (κ2) is 4.73. The van der Waals surface area contributed by atoms with Gasteiger partial charge < -0.3 is 10.3 Å². The van der Waals surface area contributed by atoms with E-state index in [-0.39, 0.29) is 11.5 Å². The zero-order valence-corrected chi connectivity index (χ0v) is 10.1. The van der Waals surface area contributed by atoms with E-state index in [2.05, 4.69) is 17.2 Å². The van der Waals surface area contributed by atoms with E-state index in [1.165, 1.54) is 31.5 Å². The lowest BCUT2D eigenvalue weighted by molar-refractivity contribution is 0.0943. The van der Waals surface area contributed by atoms with Gasteiger partial charge in [0.15, 0.2) is 0 Å². The third-order valence-corrected chi connectivity index (χ3v) is 3.41. The SMILES string of the molecule is CCCC1(CNC(=O)c2ccc(=O)[nH]c2)CC1. The van der Waals surface area contributed by atoms with Crippen LogP contribution in [0.4, 0.5) is 0 Å². The molecule has 1 aromatic rings. The summed E-state index contributed by atoms with van der Waals surface area (Å²) in [5.41, 5.74) is 0.676. The molecule has 1 heterocycles. The van der Waals surface area contributed by atoms with Crippen LogP contribution >= 0.6 is 0 Å². The van der Waals surface area contributed by atoms with Gasteiger partial charge in [-0.2, -0.15) is 0 Å². The minimum absolute atomic E-state index is 0.108. The molecule has 1 saturated carbocycles. The molecule has 0 saturated heterocycles. The maximum atomic E-state index is 11.8.